The zero-order chi connectivity index (χ0) is 9.80. The minimum absolute atomic E-state index is 0.111. The lowest BCUT2D eigenvalue weighted by Crippen LogP contribution is -2.26. The van der Waals surface area contributed by atoms with Crippen molar-refractivity contribution in [2.75, 3.05) is 19.8 Å². The first kappa shape index (κ1) is 9.93. The number of carbonyl (C=O) groups is 1. The highest BCUT2D eigenvalue weighted by Crippen LogP contribution is 2.15. The lowest BCUT2D eigenvalue weighted by atomic mass is 10.2. The van der Waals surface area contributed by atoms with E-state index >= 15 is 0 Å². The van der Waals surface area contributed by atoms with Crippen LogP contribution < -0.4 is 0 Å². The maximum atomic E-state index is 11.4. The fourth-order valence-electron chi connectivity index (χ4n) is 1.81. The van der Waals surface area contributed by atoms with Gasteiger partial charge in [0.2, 0.25) is 0 Å². The Morgan fingerprint density at radius 3 is 2.64 bits per heavy atom. The first-order valence-electron chi connectivity index (χ1n) is 5.26. The minimum atomic E-state index is -0.323. The Kier molecular flexibility index (Phi) is 3.37. The molecule has 0 aromatic rings. The summed E-state index contributed by atoms with van der Waals surface area (Å²) in [4.78, 5) is 11.4. The van der Waals surface area contributed by atoms with Gasteiger partial charge in [-0.1, -0.05) is 0 Å². The van der Waals surface area contributed by atoms with Crippen molar-refractivity contribution >= 4 is 5.97 Å². The molecule has 14 heavy (non-hydrogen) atoms. The van der Waals surface area contributed by atoms with E-state index < -0.39 is 0 Å². The van der Waals surface area contributed by atoms with Gasteiger partial charge in [0.05, 0.1) is 6.10 Å². The van der Waals surface area contributed by atoms with Crippen LogP contribution in [0.1, 0.15) is 25.7 Å². The summed E-state index contributed by atoms with van der Waals surface area (Å²) in [6.07, 6.45) is 3.61. The molecule has 0 aromatic carbocycles. The first-order chi connectivity index (χ1) is 6.86. The maximum absolute atomic E-state index is 11.4. The van der Waals surface area contributed by atoms with E-state index in [2.05, 4.69) is 0 Å². The van der Waals surface area contributed by atoms with Gasteiger partial charge in [-0.05, 0) is 25.7 Å². The topological polar surface area (TPSA) is 44.8 Å². The molecule has 4 nitrogen and oxygen atoms in total. The third-order valence-corrected chi connectivity index (χ3v) is 2.63. The van der Waals surface area contributed by atoms with Crippen molar-refractivity contribution in [2.45, 2.75) is 37.9 Å². The second kappa shape index (κ2) is 4.75. The van der Waals surface area contributed by atoms with Crippen molar-refractivity contribution in [3.05, 3.63) is 0 Å². The zero-order valence-corrected chi connectivity index (χ0v) is 8.24. The number of rotatable bonds is 3. The molecule has 2 unspecified atom stereocenters. The minimum Gasteiger partial charge on any atom is -0.461 e. The summed E-state index contributed by atoms with van der Waals surface area (Å²) in [5, 5.41) is 0. The Bertz CT molecular complexity index is 192. The normalized spacial score (nSPS) is 32.0. The molecule has 2 aliphatic rings. The monoisotopic (exact) mass is 200 g/mol. The van der Waals surface area contributed by atoms with Crippen LogP contribution in [0.25, 0.3) is 0 Å². The lowest BCUT2D eigenvalue weighted by Gasteiger charge is -2.12. The summed E-state index contributed by atoms with van der Waals surface area (Å²) in [7, 11) is 0. The molecule has 0 saturated carbocycles. The molecule has 2 heterocycles. The van der Waals surface area contributed by atoms with Crippen LogP contribution in [0.5, 0.6) is 0 Å². The van der Waals surface area contributed by atoms with Gasteiger partial charge in [0.15, 0.2) is 6.10 Å². The molecule has 2 atom stereocenters. The van der Waals surface area contributed by atoms with Crippen LogP contribution in [0.4, 0.5) is 0 Å². The standard InChI is InChI=1S/C10H16O4/c11-10(9-4-2-6-13-9)14-7-8-3-1-5-12-8/h8-9H,1-7H2. The summed E-state index contributed by atoms with van der Waals surface area (Å²) in [6, 6.07) is 0. The molecule has 0 amide bonds. The number of esters is 1. The fraction of sp³-hybridized carbons (Fsp3) is 0.900. The van der Waals surface area contributed by atoms with E-state index in [0.29, 0.717) is 13.2 Å². The van der Waals surface area contributed by atoms with Gasteiger partial charge >= 0.3 is 5.97 Å². The Morgan fingerprint density at radius 2 is 2.00 bits per heavy atom. The predicted octanol–water partition coefficient (Wildman–Crippen LogP) is 0.888. The van der Waals surface area contributed by atoms with E-state index in [1.54, 1.807) is 0 Å². The third-order valence-electron chi connectivity index (χ3n) is 2.63. The van der Waals surface area contributed by atoms with Gasteiger partial charge in [0.25, 0.3) is 0 Å². The van der Waals surface area contributed by atoms with Crippen LogP contribution >= 0.6 is 0 Å². The molecular weight excluding hydrogens is 184 g/mol. The number of hydrogen-bond donors (Lipinski definition) is 0. The SMILES string of the molecule is O=C(OCC1CCCO1)C1CCCO1. The van der Waals surface area contributed by atoms with Crippen molar-refractivity contribution in [3.8, 4) is 0 Å². The Hall–Kier alpha value is -0.610. The molecule has 80 valence electrons. The number of carbonyl (C=O) groups excluding carboxylic acids is 1. The maximum Gasteiger partial charge on any atom is 0.335 e. The summed E-state index contributed by atoms with van der Waals surface area (Å²) in [5.41, 5.74) is 0. The molecule has 2 rings (SSSR count). The van der Waals surface area contributed by atoms with E-state index in [-0.39, 0.29) is 18.2 Å². The van der Waals surface area contributed by atoms with Crippen LogP contribution in [0.15, 0.2) is 0 Å². The molecule has 0 aliphatic carbocycles. The highest BCUT2D eigenvalue weighted by molar-refractivity contribution is 5.74. The fourth-order valence-corrected chi connectivity index (χ4v) is 1.81. The Morgan fingerprint density at radius 1 is 1.21 bits per heavy atom. The van der Waals surface area contributed by atoms with E-state index in [0.717, 1.165) is 32.3 Å². The van der Waals surface area contributed by atoms with Crippen LogP contribution in [0.2, 0.25) is 0 Å². The van der Waals surface area contributed by atoms with Gasteiger partial charge < -0.3 is 14.2 Å². The highest BCUT2D eigenvalue weighted by atomic mass is 16.6. The molecule has 0 N–H and O–H groups in total. The Labute approximate surface area is 83.5 Å². The Balaban J connectivity index is 1.66. The molecule has 2 saturated heterocycles. The summed E-state index contributed by atoms with van der Waals surface area (Å²) >= 11 is 0. The van der Waals surface area contributed by atoms with Crippen LogP contribution in [-0.2, 0) is 19.0 Å². The summed E-state index contributed by atoms with van der Waals surface area (Å²) in [5.74, 6) is -0.224. The first-order valence-corrected chi connectivity index (χ1v) is 5.26. The molecule has 0 aromatic heterocycles. The van der Waals surface area contributed by atoms with Gasteiger partial charge in [-0.25, -0.2) is 4.79 Å². The lowest BCUT2D eigenvalue weighted by molar-refractivity contribution is -0.157. The van der Waals surface area contributed by atoms with Crippen LogP contribution in [0, 0.1) is 0 Å². The van der Waals surface area contributed by atoms with Crippen molar-refractivity contribution in [1.29, 1.82) is 0 Å². The van der Waals surface area contributed by atoms with Gasteiger partial charge in [0.1, 0.15) is 6.61 Å². The van der Waals surface area contributed by atoms with Gasteiger partial charge in [-0.2, -0.15) is 0 Å². The average Bonchev–Trinajstić information content (AvgIpc) is 2.87. The second-order valence-corrected chi connectivity index (χ2v) is 3.77. The van der Waals surface area contributed by atoms with Crippen LogP contribution in [0.3, 0.4) is 0 Å². The second-order valence-electron chi connectivity index (χ2n) is 3.77. The van der Waals surface area contributed by atoms with E-state index in [4.69, 9.17) is 14.2 Å². The highest BCUT2D eigenvalue weighted by Gasteiger charge is 2.26. The largest absolute Gasteiger partial charge is 0.461 e. The van der Waals surface area contributed by atoms with E-state index in [1.165, 1.54) is 0 Å². The number of hydrogen-bond acceptors (Lipinski definition) is 4. The molecule has 0 radical (unpaired) electrons. The molecule has 4 heteroatoms. The van der Waals surface area contributed by atoms with Crippen molar-refractivity contribution in [3.63, 3.8) is 0 Å². The molecule has 2 aliphatic heterocycles. The van der Waals surface area contributed by atoms with Crippen molar-refractivity contribution in [2.24, 2.45) is 0 Å². The summed E-state index contributed by atoms with van der Waals surface area (Å²) < 4.78 is 15.7. The van der Waals surface area contributed by atoms with Gasteiger partial charge in [0, 0.05) is 13.2 Å². The molecule has 0 spiro atoms. The quantitative estimate of drug-likeness (QED) is 0.634. The van der Waals surface area contributed by atoms with Gasteiger partial charge in [-0.15, -0.1) is 0 Å². The van der Waals surface area contributed by atoms with Crippen molar-refractivity contribution < 1.29 is 19.0 Å². The number of ether oxygens (including phenoxy) is 3. The third kappa shape index (κ3) is 2.45. The molecule has 2 fully saturated rings. The van der Waals surface area contributed by atoms with E-state index in [1.807, 2.05) is 0 Å². The predicted molar refractivity (Wildman–Crippen MR) is 48.9 cm³/mol. The van der Waals surface area contributed by atoms with E-state index in [9.17, 15) is 4.79 Å². The van der Waals surface area contributed by atoms with Crippen molar-refractivity contribution in [1.82, 2.24) is 0 Å². The average molecular weight is 200 g/mol. The summed E-state index contributed by atoms with van der Waals surface area (Å²) in [6.45, 7) is 1.86. The van der Waals surface area contributed by atoms with Gasteiger partial charge in [-0.3, -0.25) is 0 Å². The van der Waals surface area contributed by atoms with Crippen LogP contribution in [-0.4, -0.2) is 38.0 Å². The molecular formula is C10H16O4. The molecule has 0 bridgehead atoms. The smallest absolute Gasteiger partial charge is 0.335 e. The zero-order valence-electron chi connectivity index (χ0n) is 8.24.